The molecule has 1 aromatic carbocycles. The molecule has 0 fully saturated rings. The first-order valence-electron chi connectivity index (χ1n) is 6.73. The summed E-state index contributed by atoms with van der Waals surface area (Å²) in [6.45, 7) is 7.07. The number of anilines is 1. The van der Waals surface area contributed by atoms with E-state index in [9.17, 15) is 5.11 Å². The van der Waals surface area contributed by atoms with Crippen molar-refractivity contribution in [3.63, 3.8) is 0 Å². The van der Waals surface area contributed by atoms with E-state index in [0.29, 0.717) is 0 Å². The fraction of sp³-hybridized carbons (Fsp3) is 0.600. The topological polar surface area (TPSA) is 26.7 Å². The molecule has 0 amide bonds. The number of aliphatic hydroxyl groups is 1. The van der Waals surface area contributed by atoms with E-state index >= 15 is 0 Å². The molecule has 1 aromatic rings. The molecule has 102 valence electrons. The van der Waals surface area contributed by atoms with E-state index in [-0.39, 0.29) is 0 Å². The van der Waals surface area contributed by atoms with Crippen LogP contribution in [0.1, 0.15) is 31.9 Å². The van der Waals surface area contributed by atoms with Crippen LogP contribution in [0.15, 0.2) is 24.3 Å². The van der Waals surface area contributed by atoms with Gasteiger partial charge in [-0.05, 0) is 47.0 Å². The van der Waals surface area contributed by atoms with Gasteiger partial charge in [0.25, 0.3) is 0 Å². The second-order valence-corrected chi connectivity index (χ2v) is 4.97. The molecule has 0 spiro atoms. The zero-order chi connectivity index (χ0) is 13.5. The molecule has 0 radical (unpaired) electrons. The lowest BCUT2D eigenvalue weighted by molar-refractivity contribution is 0.199. The maximum absolute atomic E-state index is 9.83. The van der Waals surface area contributed by atoms with Gasteiger partial charge < -0.3 is 14.9 Å². The maximum Gasteiger partial charge on any atom is 0.0781 e. The van der Waals surface area contributed by atoms with Crippen LogP contribution >= 0.6 is 0 Å². The standard InChI is InChI=1S/C15H26N2O/c1-5-17(12-8-11-16(3)4)15-10-7-6-9-14(15)13(2)18/h6-7,9-10,13,18H,5,8,11-12H2,1-4H3/t13-/m1/s1. The summed E-state index contributed by atoms with van der Waals surface area (Å²) in [7, 11) is 4.19. The van der Waals surface area contributed by atoms with Crippen LogP contribution in [0, 0.1) is 0 Å². The molecule has 3 nitrogen and oxygen atoms in total. The van der Waals surface area contributed by atoms with Crippen LogP contribution in [0.3, 0.4) is 0 Å². The van der Waals surface area contributed by atoms with Crippen molar-refractivity contribution in [2.24, 2.45) is 0 Å². The maximum atomic E-state index is 9.83. The molecule has 0 unspecified atom stereocenters. The van der Waals surface area contributed by atoms with Gasteiger partial charge in [0.15, 0.2) is 0 Å². The summed E-state index contributed by atoms with van der Waals surface area (Å²) in [5.74, 6) is 0. The quantitative estimate of drug-likeness (QED) is 0.805. The Kier molecular flexibility index (Phi) is 6.16. The number of aliphatic hydroxyl groups excluding tert-OH is 1. The van der Waals surface area contributed by atoms with Crippen molar-refractivity contribution in [3.05, 3.63) is 29.8 Å². The SMILES string of the molecule is CCN(CCCN(C)C)c1ccccc1[C@@H](C)O. The molecule has 1 atom stereocenters. The van der Waals surface area contributed by atoms with Crippen molar-refractivity contribution in [1.29, 1.82) is 0 Å². The number of rotatable bonds is 7. The number of para-hydroxylation sites is 1. The van der Waals surface area contributed by atoms with Gasteiger partial charge in [-0.25, -0.2) is 0 Å². The summed E-state index contributed by atoms with van der Waals surface area (Å²) in [4.78, 5) is 4.54. The number of hydrogen-bond acceptors (Lipinski definition) is 3. The van der Waals surface area contributed by atoms with E-state index in [4.69, 9.17) is 0 Å². The number of benzene rings is 1. The summed E-state index contributed by atoms with van der Waals surface area (Å²) < 4.78 is 0. The Labute approximate surface area is 111 Å². The van der Waals surface area contributed by atoms with Crippen LogP contribution in [-0.2, 0) is 0 Å². The first-order valence-corrected chi connectivity index (χ1v) is 6.73. The van der Waals surface area contributed by atoms with Crippen LogP contribution in [0.5, 0.6) is 0 Å². The Morgan fingerprint density at radius 1 is 1.17 bits per heavy atom. The van der Waals surface area contributed by atoms with Gasteiger partial charge in [-0.15, -0.1) is 0 Å². The van der Waals surface area contributed by atoms with Crippen molar-refractivity contribution in [3.8, 4) is 0 Å². The van der Waals surface area contributed by atoms with Crippen LogP contribution in [0.25, 0.3) is 0 Å². The monoisotopic (exact) mass is 250 g/mol. The molecular formula is C15H26N2O. The van der Waals surface area contributed by atoms with E-state index in [0.717, 1.165) is 37.3 Å². The number of nitrogens with zero attached hydrogens (tertiary/aromatic N) is 2. The first kappa shape index (κ1) is 15.0. The summed E-state index contributed by atoms with van der Waals surface area (Å²) in [6, 6.07) is 8.13. The lowest BCUT2D eigenvalue weighted by atomic mass is 10.1. The lowest BCUT2D eigenvalue weighted by Crippen LogP contribution is -2.28. The first-order chi connectivity index (χ1) is 8.56. The molecular weight excluding hydrogens is 224 g/mol. The predicted molar refractivity (Wildman–Crippen MR) is 78.1 cm³/mol. The minimum absolute atomic E-state index is 0.413. The largest absolute Gasteiger partial charge is 0.389 e. The highest BCUT2D eigenvalue weighted by Gasteiger charge is 2.12. The summed E-state index contributed by atoms with van der Waals surface area (Å²) in [5.41, 5.74) is 2.18. The Morgan fingerprint density at radius 3 is 2.39 bits per heavy atom. The molecule has 0 bridgehead atoms. The van der Waals surface area contributed by atoms with Crippen molar-refractivity contribution >= 4 is 5.69 Å². The predicted octanol–water partition coefficient (Wildman–Crippen LogP) is 2.52. The van der Waals surface area contributed by atoms with Crippen LogP contribution < -0.4 is 4.90 Å². The fourth-order valence-electron chi connectivity index (χ4n) is 2.16. The highest BCUT2D eigenvalue weighted by Crippen LogP contribution is 2.26. The Balaban J connectivity index is 2.75. The minimum Gasteiger partial charge on any atom is -0.389 e. The van der Waals surface area contributed by atoms with E-state index in [1.165, 1.54) is 0 Å². The molecule has 0 aliphatic rings. The average Bonchev–Trinajstić information content (AvgIpc) is 2.34. The molecule has 0 saturated heterocycles. The van der Waals surface area contributed by atoms with Gasteiger partial charge in [-0.3, -0.25) is 0 Å². The van der Waals surface area contributed by atoms with Crippen LogP contribution in [0.4, 0.5) is 5.69 Å². The van der Waals surface area contributed by atoms with Crippen molar-refractivity contribution in [2.75, 3.05) is 38.6 Å². The zero-order valence-corrected chi connectivity index (χ0v) is 12.1. The smallest absolute Gasteiger partial charge is 0.0781 e. The van der Waals surface area contributed by atoms with Crippen LogP contribution in [-0.4, -0.2) is 43.7 Å². The van der Waals surface area contributed by atoms with Gasteiger partial charge >= 0.3 is 0 Å². The van der Waals surface area contributed by atoms with Crippen molar-refractivity contribution in [2.45, 2.75) is 26.4 Å². The third kappa shape index (κ3) is 4.31. The van der Waals surface area contributed by atoms with Gasteiger partial charge in [0.05, 0.1) is 6.10 Å². The number of hydrogen-bond donors (Lipinski definition) is 1. The fourth-order valence-corrected chi connectivity index (χ4v) is 2.16. The van der Waals surface area contributed by atoms with Gasteiger partial charge in [0.2, 0.25) is 0 Å². The van der Waals surface area contributed by atoms with Crippen LogP contribution in [0.2, 0.25) is 0 Å². The molecule has 1 N–H and O–H groups in total. The Bertz CT molecular complexity index is 350. The third-order valence-corrected chi connectivity index (χ3v) is 3.14. The van der Waals surface area contributed by atoms with Crippen molar-refractivity contribution < 1.29 is 5.11 Å². The molecule has 0 aliphatic heterocycles. The van der Waals surface area contributed by atoms with Gasteiger partial charge in [0, 0.05) is 24.3 Å². The molecule has 18 heavy (non-hydrogen) atoms. The van der Waals surface area contributed by atoms with Gasteiger partial charge in [-0.1, -0.05) is 18.2 Å². The molecule has 1 rings (SSSR count). The summed E-state index contributed by atoms with van der Waals surface area (Å²) in [5, 5.41) is 9.83. The zero-order valence-electron chi connectivity index (χ0n) is 12.1. The molecule has 0 aliphatic carbocycles. The van der Waals surface area contributed by atoms with Gasteiger partial charge in [-0.2, -0.15) is 0 Å². The second-order valence-electron chi connectivity index (χ2n) is 4.97. The van der Waals surface area contributed by atoms with E-state index in [1.807, 2.05) is 25.1 Å². The second kappa shape index (κ2) is 7.39. The molecule has 0 heterocycles. The lowest BCUT2D eigenvalue weighted by Gasteiger charge is -2.27. The normalized spacial score (nSPS) is 12.8. The van der Waals surface area contributed by atoms with E-state index < -0.39 is 6.10 Å². The highest BCUT2D eigenvalue weighted by molar-refractivity contribution is 5.54. The third-order valence-electron chi connectivity index (χ3n) is 3.14. The van der Waals surface area contributed by atoms with E-state index in [2.05, 4.69) is 36.9 Å². The molecule has 0 aromatic heterocycles. The van der Waals surface area contributed by atoms with Gasteiger partial charge in [0.1, 0.15) is 0 Å². The average molecular weight is 250 g/mol. The highest BCUT2D eigenvalue weighted by atomic mass is 16.3. The van der Waals surface area contributed by atoms with E-state index in [1.54, 1.807) is 0 Å². The Hall–Kier alpha value is -1.06. The summed E-state index contributed by atoms with van der Waals surface area (Å²) >= 11 is 0. The molecule has 3 heteroatoms. The summed E-state index contributed by atoms with van der Waals surface area (Å²) in [6.07, 6.45) is 0.721. The molecule has 0 saturated carbocycles. The van der Waals surface area contributed by atoms with Crippen molar-refractivity contribution in [1.82, 2.24) is 4.90 Å². The minimum atomic E-state index is -0.413. The Morgan fingerprint density at radius 2 is 1.83 bits per heavy atom.